The summed E-state index contributed by atoms with van der Waals surface area (Å²) in [4.78, 5) is 39.9. The van der Waals surface area contributed by atoms with Crippen molar-refractivity contribution in [1.82, 2.24) is 15.1 Å². The Morgan fingerprint density at radius 1 is 1.19 bits per heavy atom. The summed E-state index contributed by atoms with van der Waals surface area (Å²) in [6, 6.07) is 4.95. The topological polar surface area (TPSA) is 79.0 Å². The molecule has 3 aliphatic rings. The highest BCUT2D eigenvalue weighted by Gasteiger charge is 2.39. The van der Waals surface area contributed by atoms with E-state index in [1.165, 1.54) is 0 Å². The standard InChI is InChI=1S/C19H23N3O4/c1-21-8-2-3-14(11-21)26-13-4-5-15-12(9-13)10-22(19(15)25)16-6-7-17(23)20-18(16)24/h4-5,9,14,16H,2-3,6-8,10-11H2,1H3,(H,20,23,24)/t14-,16?/m1/s1. The van der Waals surface area contributed by atoms with Gasteiger partial charge in [0.05, 0.1) is 0 Å². The van der Waals surface area contributed by atoms with Crippen LogP contribution in [-0.4, -0.2) is 59.8 Å². The van der Waals surface area contributed by atoms with E-state index in [4.69, 9.17) is 4.74 Å². The second-order valence-corrected chi connectivity index (χ2v) is 7.36. The smallest absolute Gasteiger partial charge is 0.255 e. The third-order valence-corrected chi connectivity index (χ3v) is 5.38. The predicted octanol–water partition coefficient (Wildman–Crippen LogP) is 0.921. The highest BCUT2D eigenvalue weighted by molar-refractivity contribution is 6.05. The predicted molar refractivity (Wildman–Crippen MR) is 93.6 cm³/mol. The quantitative estimate of drug-likeness (QED) is 0.814. The molecule has 0 bridgehead atoms. The minimum absolute atomic E-state index is 0.154. The summed E-state index contributed by atoms with van der Waals surface area (Å²) < 4.78 is 6.11. The minimum atomic E-state index is -0.580. The molecule has 3 amide bonds. The van der Waals surface area contributed by atoms with Crippen LogP contribution in [0.4, 0.5) is 0 Å². The van der Waals surface area contributed by atoms with E-state index in [1.807, 2.05) is 12.1 Å². The molecule has 26 heavy (non-hydrogen) atoms. The fourth-order valence-electron chi connectivity index (χ4n) is 4.03. The monoisotopic (exact) mass is 357 g/mol. The largest absolute Gasteiger partial charge is 0.489 e. The van der Waals surface area contributed by atoms with Gasteiger partial charge in [-0.05, 0) is 56.6 Å². The van der Waals surface area contributed by atoms with Crippen LogP contribution in [0.3, 0.4) is 0 Å². The van der Waals surface area contributed by atoms with E-state index in [-0.39, 0.29) is 30.2 Å². The number of hydrogen-bond donors (Lipinski definition) is 1. The Hall–Kier alpha value is -2.41. The Kier molecular flexibility index (Phi) is 4.40. The van der Waals surface area contributed by atoms with E-state index in [0.717, 1.165) is 37.2 Å². The van der Waals surface area contributed by atoms with Crippen LogP contribution in [0.2, 0.25) is 0 Å². The van der Waals surface area contributed by atoms with Gasteiger partial charge < -0.3 is 14.5 Å². The molecule has 7 nitrogen and oxygen atoms in total. The summed E-state index contributed by atoms with van der Waals surface area (Å²) in [5.41, 5.74) is 1.49. The molecule has 2 fully saturated rings. The van der Waals surface area contributed by atoms with Crippen molar-refractivity contribution >= 4 is 17.7 Å². The number of piperidine rings is 2. The number of ether oxygens (including phenoxy) is 1. The SMILES string of the molecule is CN1CCC[C@@H](Oc2ccc3c(c2)CN(C2CCC(=O)NC2=O)C3=O)C1. The van der Waals surface area contributed by atoms with Crippen LogP contribution in [-0.2, 0) is 16.1 Å². The first kappa shape index (κ1) is 17.0. The lowest BCUT2D eigenvalue weighted by molar-refractivity contribution is -0.136. The molecule has 0 radical (unpaired) electrons. The average Bonchev–Trinajstić information content (AvgIpc) is 2.91. The number of carbonyl (C=O) groups excluding carboxylic acids is 3. The van der Waals surface area contributed by atoms with Gasteiger partial charge in [-0.3, -0.25) is 19.7 Å². The molecule has 1 aromatic rings. The molecule has 1 unspecified atom stereocenters. The lowest BCUT2D eigenvalue weighted by atomic mass is 10.0. The van der Waals surface area contributed by atoms with Gasteiger partial charge >= 0.3 is 0 Å². The first-order chi connectivity index (χ1) is 12.5. The van der Waals surface area contributed by atoms with E-state index < -0.39 is 6.04 Å². The van der Waals surface area contributed by atoms with Gasteiger partial charge in [-0.25, -0.2) is 0 Å². The Labute approximate surface area is 152 Å². The number of rotatable bonds is 3. The number of nitrogens with zero attached hydrogens (tertiary/aromatic N) is 2. The van der Waals surface area contributed by atoms with Gasteiger partial charge in [0.2, 0.25) is 11.8 Å². The van der Waals surface area contributed by atoms with Crippen LogP contribution in [0, 0.1) is 0 Å². The molecule has 1 aromatic carbocycles. The second-order valence-electron chi connectivity index (χ2n) is 7.36. The second kappa shape index (κ2) is 6.72. The number of hydrogen-bond acceptors (Lipinski definition) is 5. The van der Waals surface area contributed by atoms with Gasteiger partial charge in [0.1, 0.15) is 17.9 Å². The summed E-state index contributed by atoms with van der Waals surface area (Å²) in [5, 5.41) is 2.32. The number of amides is 3. The van der Waals surface area contributed by atoms with Crippen molar-refractivity contribution in [3.05, 3.63) is 29.3 Å². The van der Waals surface area contributed by atoms with Gasteiger partial charge in [0, 0.05) is 25.1 Å². The van der Waals surface area contributed by atoms with Crippen LogP contribution in [0.1, 0.15) is 41.6 Å². The number of carbonyl (C=O) groups is 3. The maximum absolute atomic E-state index is 12.7. The third-order valence-electron chi connectivity index (χ3n) is 5.38. The molecule has 4 rings (SSSR count). The van der Waals surface area contributed by atoms with Gasteiger partial charge in [0.15, 0.2) is 0 Å². The molecule has 2 atom stereocenters. The van der Waals surface area contributed by atoms with Crippen molar-refractivity contribution in [2.45, 2.75) is 44.4 Å². The van der Waals surface area contributed by atoms with Crippen LogP contribution >= 0.6 is 0 Å². The molecule has 0 aliphatic carbocycles. The van der Waals surface area contributed by atoms with E-state index in [9.17, 15) is 14.4 Å². The van der Waals surface area contributed by atoms with Crippen molar-refractivity contribution in [1.29, 1.82) is 0 Å². The van der Waals surface area contributed by atoms with Gasteiger partial charge in [-0.2, -0.15) is 0 Å². The molecule has 3 aliphatic heterocycles. The van der Waals surface area contributed by atoms with Crippen LogP contribution < -0.4 is 10.1 Å². The number of likely N-dealkylation sites (N-methyl/N-ethyl adjacent to an activating group) is 1. The van der Waals surface area contributed by atoms with Gasteiger partial charge in [0.25, 0.3) is 5.91 Å². The van der Waals surface area contributed by atoms with Crippen LogP contribution in [0.25, 0.3) is 0 Å². The molecule has 0 aromatic heterocycles. The molecule has 1 N–H and O–H groups in total. The van der Waals surface area contributed by atoms with E-state index in [0.29, 0.717) is 18.5 Å². The van der Waals surface area contributed by atoms with Gasteiger partial charge in [-0.15, -0.1) is 0 Å². The highest BCUT2D eigenvalue weighted by Crippen LogP contribution is 2.30. The Morgan fingerprint density at radius 2 is 2.04 bits per heavy atom. The highest BCUT2D eigenvalue weighted by atomic mass is 16.5. The molecular weight excluding hydrogens is 334 g/mol. The van der Waals surface area contributed by atoms with Crippen LogP contribution in [0.5, 0.6) is 5.75 Å². The summed E-state index contributed by atoms with van der Waals surface area (Å²) in [6.07, 6.45) is 2.95. The van der Waals surface area contributed by atoms with Crippen molar-refractivity contribution in [3.8, 4) is 5.75 Å². The Bertz CT molecular complexity index is 763. The van der Waals surface area contributed by atoms with Gasteiger partial charge in [-0.1, -0.05) is 0 Å². The number of likely N-dealkylation sites (tertiary alicyclic amines) is 1. The Balaban J connectivity index is 1.48. The lowest BCUT2D eigenvalue weighted by Crippen LogP contribution is -2.52. The summed E-state index contributed by atoms with van der Waals surface area (Å²) in [5.74, 6) is -0.0481. The van der Waals surface area contributed by atoms with Crippen molar-refractivity contribution in [2.24, 2.45) is 0 Å². The molecule has 3 heterocycles. The fraction of sp³-hybridized carbons (Fsp3) is 0.526. The lowest BCUT2D eigenvalue weighted by Gasteiger charge is -2.30. The van der Waals surface area contributed by atoms with Crippen molar-refractivity contribution in [3.63, 3.8) is 0 Å². The maximum atomic E-state index is 12.7. The molecule has 7 heteroatoms. The summed E-state index contributed by atoms with van der Waals surface area (Å²) in [7, 11) is 2.09. The minimum Gasteiger partial charge on any atom is -0.489 e. The Morgan fingerprint density at radius 3 is 2.81 bits per heavy atom. The van der Waals surface area contributed by atoms with E-state index >= 15 is 0 Å². The molecular formula is C19H23N3O4. The molecule has 0 spiro atoms. The number of imide groups is 1. The zero-order valence-corrected chi connectivity index (χ0v) is 14.9. The fourth-order valence-corrected chi connectivity index (χ4v) is 4.03. The normalized spacial score (nSPS) is 26.7. The van der Waals surface area contributed by atoms with Crippen LogP contribution in [0.15, 0.2) is 18.2 Å². The van der Waals surface area contributed by atoms with E-state index in [1.54, 1.807) is 11.0 Å². The number of benzene rings is 1. The maximum Gasteiger partial charge on any atom is 0.255 e. The number of fused-ring (bicyclic) bond motifs is 1. The number of nitrogens with one attached hydrogen (secondary N) is 1. The molecule has 0 saturated carbocycles. The molecule has 138 valence electrons. The van der Waals surface area contributed by atoms with Crippen molar-refractivity contribution in [2.75, 3.05) is 20.1 Å². The first-order valence-electron chi connectivity index (χ1n) is 9.14. The summed E-state index contributed by atoms with van der Waals surface area (Å²) >= 11 is 0. The zero-order chi connectivity index (χ0) is 18.3. The zero-order valence-electron chi connectivity index (χ0n) is 14.9. The average molecular weight is 357 g/mol. The summed E-state index contributed by atoms with van der Waals surface area (Å²) in [6.45, 7) is 2.38. The molecule has 2 saturated heterocycles. The first-order valence-corrected chi connectivity index (χ1v) is 9.14. The third kappa shape index (κ3) is 3.19. The van der Waals surface area contributed by atoms with E-state index in [2.05, 4.69) is 17.3 Å². The van der Waals surface area contributed by atoms with Crippen molar-refractivity contribution < 1.29 is 19.1 Å².